The van der Waals surface area contributed by atoms with Crippen LogP contribution in [0, 0.1) is 0 Å². The Bertz CT molecular complexity index is 244. The molecule has 1 saturated carbocycles. The van der Waals surface area contributed by atoms with Gasteiger partial charge >= 0.3 is 6.09 Å². The average Bonchev–Trinajstić information content (AvgIpc) is 2.30. The van der Waals surface area contributed by atoms with Crippen LogP contribution in [0.4, 0.5) is 4.79 Å². The molecule has 1 aliphatic heterocycles. The SMILES string of the molecule is O=C(O)N1CCN(C2CCC(O)CC2)CC1. The van der Waals surface area contributed by atoms with Crippen LogP contribution in [-0.4, -0.2) is 64.4 Å². The van der Waals surface area contributed by atoms with Crippen molar-refractivity contribution >= 4 is 6.09 Å². The standard InChI is InChI=1S/C11H20N2O3/c14-10-3-1-9(2-4-10)12-5-7-13(8-6-12)11(15)16/h9-10,14H,1-8H2,(H,15,16). The fourth-order valence-electron chi connectivity index (χ4n) is 2.70. The third-order valence-electron chi connectivity index (χ3n) is 3.77. The molecule has 1 saturated heterocycles. The largest absolute Gasteiger partial charge is 0.465 e. The summed E-state index contributed by atoms with van der Waals surface area (Å²) >= 11 is 0. The van der Waals surface area contributed by atoms with Crippen LogP contribution in [0.3, 0.4) is 0 Å². The Morgan fingerprint density at radius 2 is 1.56 bits per heavy atom. The second-order valence-corrected chi connectivity index (χ2v) is 4.77. The predicted octanol–water partition coefficient (Wildman–Crippen LogP) is 0.585. The van der Waals surface area contributed by atoms with Gasteiger partial charge in [-0.2, -0.15) is 0 Å². The molecule has 0 aromatic carbocycles. The van der Waals surface area contributed by atoms with Crippen molar-refractivity contribution in [2.75, 3.05) is 26.2 Å². The molecule has 0 bridgehead atoms. The zero-order chi connectivity index (χ0) is 11.5. The van der Waals surface area contributed by atoms with Crippen LogP contribution in [0.1, 0.15) is 25.7 Å². The number of rotatable bonds is 1. The molecule has 0 spiro atoms. The number of amides is 1. The van der Waals surface area contributed by atoms with Crippen molar-refractivity contribution in [3.8, 4) is 0 Å². The summed E-state index contributed by atoms with van der Waals surface area (Å²) in [6, 6.07) is 0.555. The topological polar surface area (TPSA) is 64.0 Å². The minimum atomic E-state index is -0.807. The molecule has 0 unspecified atom stereocenters. The van der Waals surface area contributed by atoms with E-state index in [1.165, 1.54) is 4.90 Å². The van der Waals surface area contributed by atoms with Crippen LogP contribution in [0.25, 0.3) is 0 Å². The highest BCUT2D eigenvalue weighted by molar-refractivity contribution is 5.65. The summed E-state index contributed by atoms with van der Waals surface area (Å²) in [5.74, 6) is 0. The number of aliphatic hydroxyl groups excluding tert-OH is 1. The first-order chi connectivity index (χ1) is 7.66. The molecule has 16 heavy (non-hydrogen) atoms. The first-order valence-corrected chi connectivity index (χ1v) is 6.07. The van der Waals surface area contributed by atoms with Crippen molar-refractivity contribution < 1.29 is 15.0 Å². The molecule has 1 heterocycles. The van der Waals surface area contributed by atoms with Crippen molar-refractivity contribution in [3.63, 3.8) is 0 Å². The monoisotopic (exact) mass is 228 g/mol. The molecule has 0 atom stereocenters. The molecule has 2 rings (SSSR count). The zero-order valence-electron chi connectivity index (χ0n) is 9.51. The Labute approximate surface area is 95.6 Å². The van der Waals surface area contributed by atoms with E-state index < -0.39 is 6.09 Å². The number of carboxylic acid groups (broad SMARTS) is 1. The fourth-order valence-corrected chi connectivity index (χ4v) is 2.70. The summed E-state index contributed by atoms with van der Waals surface area (Å²) in [5, 5.41) is 18.3. The van der Waals surface area contributed by atoms with E-state index in [4.69, 9.17) is 5.11 Å². The number of carbonyl (C=O) groups is 1. The summed E-state index contributed by atoms with van der Waals surface area (Å²) < 4.78 is 0. The van der Waals surface area contributed by atoms with Crippen molar-refractivity contribution in [2.45, 2.75) is 37.8 Å². The van der Waals surface area contributed by atoms with Gasteiger partial charge in [0.25, 0.3) is 0 Å². The molecule has 2 fully saturated rings. The fraction of sp³-hybridized carbons (Fsp3) is 0.909. The van der Waals surface area contributed by atoms with Crippen LogP contribution >= 0.6 is 0 Å². The number of aliphatic hydroxyl groups is 1. The van der Waals surface area contributed by atoms with Crippen molar-refractivity contribution in [1.82, 2.24) is 9.80 Å². The minimum absolute atomic E-state index is 0.114. The lowest BCUT2D eigenvalue weighted by Gasteiger charge is -2.40. The van der Waals surface area contributed by atoms with Gasteiger partial charge in [-0.3, -0.25) is 4.90 Å². The minimum Gasteiger partial charge on any atom is -0.465 e. The second-order valence-electron chi connectivity index (χ2n) is 4.77. The highest BCUT2D eigenvalue weighted by atomic mass is 16.4. The Kier molecular flexibility index (Phi) is 3.66. The number of nitrogens with zero attached hydrogens (tertiary/aromatic N) is 2. The van der Waals surface area contributed by atoms with Gasteiger partial charge < -0.3 is 15.1 Å². The molecular formula is C11H20N2O3. The van der Waals surface area contributed by atoms with E-state index in [9.17, 15) is 9.90 Å². The van der Waals surface area contributed by atoms with Gasteiger partial charge in [-0.25, -0.2) is 4.79 Å². The Hall–Kier alpha value is -0.810. The molecule has 0 radical (unpaired) electrons. The van der Waals surface area contributed by atoms with Crippen molar-refractivity contribution in [3.05, 3.63) is 0 Å². The lowest BCUT2D eigenvalue weighted by atomic mass is 9.91. The van der Waals surface area contributed by atoms with Crippen LogP contribution in [-0.2, 0) is 0 Å². The number of hydrogen-bond donors (Lipinski definition) is 2. The van der Waals surface area contributed by atoms with Gasteiger partial charge in [0.15, 0.2) is 0 Å². The first-order valence-electron chi connectivity index (χ1n) is 6.07. The summed E-state index contributed by atoms with van der Waals surface area (Å²) in [6.07, 6.45) is 2.96. The zero-order valence-corrected chi connectivity index (χ0v) is 9.51. The van der Waals surface area contributed by atoms with Gasteiger partial charge in [0.2, 0.25) is 0 Å². The highest BCUT2D eigenvalue weighted by Crippen LogP contribution is 2.23. The van der Waals surface area contributed by atoms with E-state index in [1.54, 1.807) is 0 Å². The van der Waals surface area contributed by atoms with Crippen LogP contribution in [0.2, 0.25) is 0 Å². The lowest BCUT2D eigenvalue weighted by molar-refractivity contribution is 0.0446. The van der Waals surface area contributed by atoms with Gasteiger partial charge in [-0.15, -0.1) is 0 Å². The first kappa shape index (κ1) is 11.7. The van der Waals surface area contributed by atoms with Gasteiger partial charge in [0, 0.05) is 32.2 Å². The van der Waals surface area contributed by atoms with Gasteiger partial charge in [-0.05, 0) is 25.7 Å². The van der Waals surface area contributed by atoms with E-state index >= 15 is 0 Å². The smallest absolute Gasteiger partial charge is 0.407 e. The summed E-state index contributed by atoms with van der Waals surface area (Å²) in [5.41, 5.74) is 0. The molecule has 0 aromatic heterocycles. The van der Waals surface area contributed by atoms with Crippen molar-refractivity contribution in [2.24, 2.45) is 0 Å². The normalized spacial score (nSPS) is 32.7. The maximum atomic E-state index is 10.8. The molecule has 2 N–H and O–H groups in total. The molecule has 92 valence electrons. The van der Waals surface area contributed by atoms with Gasteiger partial charge in [-0.1, -0.05) is 0 Å². The Balaban J connectivity index is 1.78. The number of piperazine rings is 1. The van der Waals surface area contributed by atoms with E-state index in [1.807, 2.05) is 0 Å². The predicted molar refractivity (Wildman–Crippen MR) is 59.4 cm³/mol. The van der Waals surface area contributed by atoms with Gasteiger partial charge in [0.05, 0.1) is 6.10 Å². The van der Waals surface area contributed by atoms with Crippen LogP contribution in [0.5, 0.6) is 0 Å². The van der Waals surface area contributed by atoms with Gasteiger partial charge in [0.1, 0.15) is 0 Å². The molecule has 5 heteroatoms. The maximum Gasteiger partial charge on any atom is 0.407 e. The van der Waals surface area contributed by atoms with Crippen molar-refractivity contribution in [1.29, 1.82) is 0 Å². The Morgan fingerprint density at radius 1 is 1.00 bits per heavy atom. The average molecular weight is 228 g/mol. The quantitative estimate of drug-likeness (QED) is 0.689. The third-order valence-corrected chi connectivity index (χ3v) is 3.77. The Morgan fingerprint density at radius 3 is 2.06 bits per heavy atom. The van der Waals surface area contributed by atoms with Crippen LogP contribution in [0.15, 0.2) is 0 Å². The third kappa shape index (κ3) is 2.65. The molecule has 2 aliphatic rings. The van der Waals surface area contributed by atoms with E-state index in [-0.39, 0.29) is 6.10 Å². The molecular weight excluding hydrogens is 208 g/mol. The lowest BCUT2D eigenvalue weighted by Crippen LogP contribution is -2.52. The second kappa shape index (κ2) is 5.01. The number of hydrogen-bond acceptors (Lipinski definition) is 3. The summed E-state index contributed by atoms with van der Waals surface area (Å²) in [4.78, 5) is 14.6. The molecule has 1 amide bonds. The van der Waals surface area contributed by atoms with E-state index in [0.29, 0.717) is 19.1 Å². The molecule has 1 aliphatic carbocycles. The summed E-state index contributed by atoms with van der Waals surface area (Å²) in [7, 11) is 0. The van der Waals surface area contributed by atoms with E-state index in [2.05, 4.69) is 4.90 Å². The summed E-state index contributed by atoms with van der Waals surface area (Å²) in [6.45, 7) is 2.92. The maximum absolute atomic E-state index is 10.8. The van der Waals surface area contributed by atoms with E-state index in [0.717, 1.165) is 38.8 Å². The molecule has 5 nitrogen and oxygen atoms in total. The van der Waals surface area contributed by atoms with Crippen LogP contribution < -0.4 is 0 Å². The molecule has 0 aromatic rings. The highest BCUT2D eigenvalue weighted by Gasteiger charge is 2.28.